The molecular formula is C11H20N4O3S. The predicted octanol–water partition coefficient (Wildman–Crippen LogP) is 0.612. The molecule has 2 N–H and O–H groups in total. The van der Waals surface area contributed by atoms with Gasteiger partial charge in [0.15, 0.2) is 0 Å². The minimum atomic E-state index is -3.58. The molecule has 0 aliphatic heterocycles. The summed E-state index contributed by atoms with van der Waals surface area (Å²) in [6.07, 6.45) is 3.18. The SMILES string of the molecule is CCNc1ncc(S(=O)(=O)NC(C)CCOC)cn1. The molecule has 1 heterocycles. The molecule has 8 heteroatoms. The standard InChI is InChI=1S/C11H20N4O3S/c1-4-12-11-13-7-10(8-14-11)19(16,17)15-9(2)5-6-18-3/h7-9,15H,4-6H2,1-3H3,(H,12,13,14). The maximum atomic E-state index is 12.0. The number of sulfonamides is 1. The van der Waals surface area contributed by atoms with Crippen molar-refractivity contribution >= 4 is 16.0 Å². The average molecular weight is 288 g/mol. The van der Waals surface area contributed by atoms with Crippen molar-refractivity contribution in [1.82, 2.24) is 14.7 Å². The summed E-state index contributed by atoms with van der Waals surface area (Å²) in [5.74, 6) is 0.411. The monoisotopic (exact) mass is 288 g/mol. The second kappa shape index (κ2) is 7.37. The molecule has 1 atom stereocenters. The van der Waals surface area contributed by atoms with E-state index in [1.807, 2.05) is 6.92 Å². The van der Waals surface area contributed by atoms with E-state index in [1.54, 1.807) is 14.0 Å². The number of hydrogen-bond donors (Lipinski definition) is 2. The molecule has 0 amide bonds. The summed E-state index contributed by atoms with van der Waals surface area (Å²) in [6, 6.07) is -0.210. The van der Waals surface area contributed by atoms with Crippen molar-refractivity contribution in [3.05, 3.63) is 12.4 Å². The number of rotatable bonds is 8. The fraction of sp³-hybridized carbons (Fsp3) is 0.636. The van der Waals surface area contributed by atoms with Crippen LogP contribution in [0.2, 0.25) is 0 Å². The van der Waals surface area contributed by atoms with Crippen molar-refractivity contribution in [2.45, 2.75) is 31.2 Å². The van der Waals surface area contributed by atoms with Crippen LogP contribution < -0.4 is 10.0 Å². The molecule has 108 valence electrons. The Bertz CT molecular complexity index is 475. The molecule has 0 saturated carbocycles. The Morgan fingerprint density at radius 2 is 2.00 bits per heavy atom. The molecule has 1 aromatic rings. The number of aromatic nitrogens is 2. The molecule has 0 bridgehead atoms. The second-order valence-electron chi connectivity index (χ2n) is 4.08. The topological polar surface area (TPSA) is 93.2 Å². The van der Waals surface area contributed by atoms with Gasteiger partial charge in [-0.15, -0.1) is 0 Å². The van der Waals surface area contributed by atoms with Crippen LogP contribution in [0.3, 0.4) is 0 Å². The van der Waals surface area contributed by atoms with E-state index in [4.69, 9.17) is 4.74 Å². The van der Waals surface area contributed by atoms with Gasteiger partial charge in [-0.05, 0) is 20.3 Å². The van der Waals surface area contributed by atoms with Crippen LogP contribution in [-0.2, 0) is 14.8 Å². The van der Waals surface area contributed by atoms with Gasteiger partial charge < -0.3 is 10.1 Å². The summed E-state index contributed by atoms with van der Waals surface area (Å²) in [7, 11) is -2.00. The zero-order chi connectivity index (χ0) is 14.3. The fourth-order valence-electron chi connectivity index (χ4n) is 1.39. The lowest BCUT2D eigenvalue weighted by Gasteiger charge is -2.13. The Hall–Kier alpha value is -1.25. The zero-order valence-corrected chi connectivity index (χ0v) is 12.2. The van der Waals surface area contributed by atoms with E-state index in [0.717, 1.165) is 0 Å². The van der Waals surface area contributed by atoms with E-state index < -0.39 is 10.0 Å². The van der Waals surface area contributed by atoms with Gasteiger partial charge in [0.25, 0.3) is 0 Å². The van der Waals surface area contributed by atoms with E-state index >= 15 is 0 Å². The lowest BCUT2D eigenvalue weighted by molar-refractivity contribution is 0.188. The molecule has 0 fully saturated rings. The number of nitrogens with zero attached hydrogens (tertiary/aromatic N) is 2. The largest absolute Gasteiger partial charge is 0.385 e. The summed E-state index contributed by atoms with van der Waals surface area (Å²) < 4.78 is 31.5. The molecule has 0 spiro atoms. The van der Waals surface area contributed by atoms with Crippen LogP contribution in [0.15, 0.2) is 17.3 Å². The Morgan fingerprint density at radius 1 is 1.37 bits per heavy atom. The highest BCUT2D eigenvalue weighted by Crippen LogP contribution is 2.08. The molecule has 0 aliphatic rings. The number of ether oxygens (including phenoxy) is 1. The van der Waals surface area contributed by atoms with Crippen LogP contribution in [0.5, 0.6) is 0 Å². The maximum absolute atomic E-state index is 12.0. The van der Waals surface area contributed by atoms with Crippen molar-refractivity contribution < 1.29 is 13.2 Å². The van der Waals surface area contributed by atoms with Gasteiger partial charge in [0, 0.05) is 26.3 Å². The summed E-state index contributed by atoms with van der Waals surface area (Å²) in [4.78, 5) is 7.93. The first-order valence-electron chi connectivity index (χ1n) is 6.06. The minimum absolute atomic E-state index is 0.0541. The molecule has 1 unspecified atom stereocenters. The highest BCUT2D eigenvalue weighted by molar-refractivity contribution is 7.89. The molecule has 7 nitrogen and oxygen atoms in total. The third-order valence-electron chi connectivity index (χ3n) is 2.38. The highest BCUT2D eigenvalue weighted by Gasteiger charge is 2.18. The van der Waals surface area contributed by atoms with Gasteiger partial charge in [-0.1, -0.05) is 0 Å². The fourth-order valence-corrected chi connectivity index (χ4v) is 2.56. The van der Waals surface area contributed by atoms with Crippen molar-refractivity contribution in [1.29, 1.82) is 0 Å². The van der Waals surface area contributed by atoms with Crippen LogP contribution in [0.1, 0.15) is 20.3 Å². The summed E-state index contributed by atoms with van der Waals surface area (Å²) >= 11 is 0. The number of hydrogen-bond acceptors (Lipinski definition) is 6. The van der Waals surface area contributed by atoms with E-state index in [9.17, 15) is 8.42 Å². The molecule has 0 radical (unpaired) electrons. The summed E-state index contributed by atoms with van der Waals surface area (Å²) in [5.41, 5.74) is 0. The van der Waals surface area contributed by atoms with Gasteiger partial charge in [-0.3, -0.25) is 0 Å². The van der Waals surface area contributed by atoms with E-state index in [0.29, 0.717) is 25.5 Å². The quantitative estimate of drug-likeness (QED) is 0.728. The van der Waals surface area contributed by atoms with Crippen molar-refractivity contribution in [2.75, 3.05) is 25.6 Å². The molecular weight excluding hydrogens is 268 g/mol. The maximum Gasteiger partial charge on any atom is 0.243 e. The molecule has 0 saturated heterocycles. The number of anilines is 1. The third kappa shape index (κ3) is 5.09. The van der Waals surface area contributed by atoms with Crippen LogP contribution >= 0.6 is 0 Å². The van der Waals surface area contributed by atoms with Gasteiger partial charge in [0.1, 0.15) is 4.90 Å². The molecule has 1 rings (SSSR count). The number of methoxy groups -OCH3 is 1. The predicted molar refractivity (Wildman–Crippen MR) is 72.5 cm³/mol. The average Bonchev–Trinajstić information content (AvgIpc) is 2.37. The van der Waals surface area contributed by atoms with Crippen molar-refractivity contribution in [3.8, 4) is 0 Å². The van der Waals surface area contributed by atoms with Gasteiger partial charge in [0.05, 0.1) is 12.4 Å². The molecule has 1 aromatic heterocycles. The first-order valence-corrected chi connectivity index (χ1v) is 7.55. The van der Waals surface area contributed by atoms with E-state index in [1.165, 1.54) is 12.4 Å². The molecule has 19 heavy (non-hydrogen) atoms. The Balaban J connectivity index is 2.71. The van der Waals surface area contributed by atoms with Crippen molar-refractivity contribution in [2.24, 2.45) is 0 Å². The van der Waals surface area contributed by atoms with E-state index in [2.05, 4.69) is 20.0 Å². The molecule has 0 aromatic carbocycles. The van der Waals surface area contributed by atoms with Gasteiger partial charge in [0.2, 0.25) is 16.0 Å². The lowest BCUT2D eigenvalue weighted by atomic mass is 10.3. The lowest BCUT2D eigenvalue weighted by Crippen LogP contribution is -2.33. The second-order valence-corrected chi connectivity index (χ2v) is 5.79. The normalized spacial score (nSPS) is 13.2. The Labute approximate surface area is 113 Å². The first kappa shape index (κ1) is 15.8. The third-order valence-corrected chi connectivity index (χ3v) is 3.93. The van der Waals surface area contributed by atoms with E-state index in [-0.39, 0.29) is 10.9 Å². The molecule has 0 aliphatic carbocycles. The highest BCUT2D eigenvalue weighted by atomic mass is 32.2. The smallest absolute Gasteiger partial charge is 0.243 e. The number of nitrogens with one attached hydrogen (secondary N) is 2. The Morgan fingerprint density at radius 3 is 2.53 bits per heavy atom. The summed E-state index contributed by atoms with van der Waals surface area (Å²) in [6.45, 7) is 4.87. The van der Waals surface area contributed by atoms with Crippen LogP contribution in [0, 0.1) is 0 Å². The van der Waals surface area contributed by atoms with Gasteiger partial charge >= 0.3 is 0 Å². The van der Waals surface area contributed by atoms with Crippen LogP contribution in [0.4, 0.5) is 5.95 Å². The first-order chi connectivity index (χ1) is 8.99. The Kier molecular flexibility index (Phi) is 6.13. The van der Waals surface area contributed by atoms with Crippen molar-refractivity contribution in [3.63, 3.8) is 0 Å². The van der Waals surface area contributed by atoms with Crippen LogP contribution in [-0.4, -0.2) is 44.7 Å². The van der Waals surface area contributed by atoms with Gasteiger partial charge in [-0.25, -0.2) is 23.1 Å². The zero-order valence-electron chi connectivity index (χ0n) is 11.4. The van der Waals surface area contributed by atoms with Crippen LogP contribution in [0.25, 0.3) is 0 Å². The minimum Gasteiger partial charge on any atom is -0.385 e. The van der Waals surface area contributed by atoms with Gasteiger partial charge in [-0.2, -0.15) is 0 Å². The summed E-state index contributed by atoms with van der Waals surface area (Å²) in [5, 5.41) is 2.90.